The third-order valence-electron chi connectivity index (χ3n) is 9.59. The van der Waals surface area contributed by atoms with Crippen LogP contribution in [0.2, 0.25) is 0 Å². The summed E-state index contributed by atoms with van der Waals surface area (Å²) in [7, 11) is 0. The standard InChI is InChI=1S/C43H30N4/c1-43(2)37-25-31(29-7-3-9-33(23-29)39-19-15-27-11-5-21-44-41(27)46-39)13-17-35(37)36-18-14-32(26-38(36)43)30-8-4-10-34(24-30)40-20-16-28-12-6-22-45-42(28)47-40/h3-26H,1-2H3. The average Bonchev–Trinajstić information content (AvgIpc) is 3.36. The van der Waals surface area contributed by atoms with E-state index in [2.05, 4.69) is 133 Å². The fraction of sp³-hybridized carbons (Fsp3) is 0.0698. The van der Waals surface area contributed by atoms with Gasteiger partial charge in [0, 0.05) is 39.7 Å². The van der Waals surface area contributed by atoms with Gasteiger partial charge in [-0.3, -0.25) is 0 Å². The zero-order valence-corrected chi connectivity index (χ0v) is 26.1. The van der Waals surface area contributed by atoms with Crippen LogP contribution < -0.4 is 0 Å². The van der Waals surface area contributed by atoms with Gasteiger partial charge in [0.1, 0.15) is 0 Å². The quantitative estimate of drug-likeness (QED) is 0.201. The molecule has 9 rings (SSSR count). The minimum Gasteiger partial charge on any atom is -0.237 e. The van der Waals surface area contributed by atoms with E-state index in [0.717, 1.165) is 44.6 Å². The molecule has 0 aliphatic heterocycles. The lowest BCUT2D eigenvalue weighted by Crippen LogP contribution is -2.15. The number of pyridine rings is 4. The summed E-state index contributed by atoms with van der Waals surface area (Å²) in [4.78, 5) is 18.6. The van der Waals surface area contributed by atoms with Gasteiger partial charge in [0.05, 0.1) is 11.4 Å². The highest BCUT2D eigenvalue weighted by Gasteiger charge is 2.36. The van der Waals surface area contributed by atoms with Crippen molar-refractivity contribution in [3.63, 3.8) is 0 Å². The lowest BCUT2D eigenvalue weighted by molar-refractivity contribution is 0.661. The van der Waals surface area contributed by atoms with E-state index in [-0.39, 0.29) is 5.41 Å². The molecule has 1 aliphatic rings. The summed E-state index contributed by atoms with van der Waals surface area (Å²) >= 11 is 0. The van der Waals surface area contributed by atoms with E-state index in [1.165, 1.54) is 44.5 Å². The third-order valence-corrected chi connectivity index (χ3v) is 9.59. The van der Waals surface area contributed by atoms with E-state index in [4.69, 9.17) is 9.97 Å². The molecular formula is C43H30N4. The molecule has 0 radical (unpaired) electrons. The highest BCUT2D eigenvalue weighted by atomic mass is 14.8. The van der Waals surface area contributed by atoms with Gasteiger partial charge >= 0.3 is 0 Å². The van der Waals surface area contributed by atoms with Crippen LogP contribution in [-0.4, -0.2) is 19.9 Å². The summed E-state index contributed by atoms with van der Waals surface area (Å²) in [6.45, 7) is 4.69. The van der Waals surface area contributed by atoms with Gasteiger partial charge in [-0.1, -0.05) is 74.5 Å². The predicted molar refractivity (Wildman–Crippen MR) is 192 cm³/mol. The lowest BCUT2D eigenvalue weighted by Gasteiger charge is -2.23. The monoisotopic (exact) mass is 602 g/mol. The Hall–Kier alpha value is -6.00. The molecule has 4 aromatic heterocycles. The van der Waals surface area contributed by atoms with Gasteiger partial charge in [-0.2, -0.15) is 0 Å². The van der Waals surface area contributed by atoms with Crippen molar-refractivity contribution < 1.29 is 0 Å². The summed E-state index contributed by atoms with van der Waals surface area (Å²) < 4.78 is 0. The first-order valence-corrected chi connectivity index (χ1v) is 16.0. The molecule has 0 saturated heterocycles. The first-order chi connectivity index (χ1) is 23.0. The van der Waals surface area contributed by atoms with E-state index in [0.29, 0.717) is 0 Å². The highest BCUT2D eigenvalue weighted by Crippen LogP contribution is 2.50. The van der Waals surface area contributed by atoms with E-state index < -0.39 is 0 Å². The van der Waals surface area contributed by atoms with E-state index >= 15 is 0 Å². The molecule has 8 aromatic rings. The molecule has 0 saturated carbocycles. The SMILES string of the molecule is CC1(C)c2cc(-c3cccc(-c4ccc5cccnc5n4)c3)ccc2-c2ccc(-c3cccc(-c4ccc5cccnc5n4)c3)cc21. The molecule has 0 bridgehead atoms. The molecule has 0 spiro atoms. The fourth-order valence-electron chi connectivity index (χ4n) is 7.04. The van der Waals surface area contributed by atoms with E-state index in [9.17, 15) is 0 Å². The number of aromatic nitrogens is 4. The second-order valence-electron chi connectivity index (χ2n) is 12.8. The van der Waals surface area contributed by atoms with Crippen molar-refractivity contribution in [3.8, 4) is 55.9 Å². The van der Waals surface area contributed by atoms with Crippen molar-refractivity contribution in [2.45, 2.75) is 19.3 Å². The molecule has 0 fully saturated rings. The minimum absolute atomic E-state index is 0.150. The zero-order valence-electron chi connectivity index (χ0n) is 26.1. The van der Waals surface area contributed by atoms with Gasteiger partial charge in [-0.15, -0.1) is 0 Å². The molecule has 4 heterocycles. The summed E-state index contributed by atoms with van der Waals surface area (Å²) in [5.74, 6) is 0. The van der Waals surface area contributed by atoms with Crippen LogP contribution >= 0.6 is 0 Å². The Morgan fingerprint density at radius 2 is 0.851 bits per heavy atom. The fourth-order valence-corrected chi connectivity index (χ4v) is 7.04. The average molecular weight is 603 g/mol. The maximum Gasteiger partial charge on any atom is 0.159 e. The molecule has 0 atom stereocenters. The van der Waals surface area contributed by atoms with Gasteiger partial charge in [-0.25, -0.2) is 19.9 Å². The van der Waals surface area contributed by atoms with Crippen molar-refractivity contribution in [2.75, 3.05) is 0 Å². The predicted octanol–water partition coefficient (Wildman–Crippen LogP) is 10.5. The molecular weight excluding hydrogens is 573 g/mol. The normalized spacial score (nSPS) is 13.1. The van der Waals surface area contributed by atoms with Crippen molar-refractivity contribution in [3.05, 3.63) is 157 Å². The molecule has 47 heavy (non-hydrogen) atoms. The number of fused-ring (bicyclic) bond motifs is 5. The number of nitrogens with zero attached hydrogens (tertiary/aromatic N) is 4. The van der Waals surface area contributed by atoms with Crippen LogP contribution in [0.1, 0.15) is 25.0 Å². The molecule has 4 aromatic carbocycles. The Bertz CT molecular complexity index is 2340. The topological polar surface area (TPSA) is 51.6 Å². The smallest absolute Gasteiger partial charge is 0.159 e. The van der Waals surface area contributed by atoms with Crippen LogP contribution in [0.25, 0.3) is 78.0 Å². The third kappa shape index (κ3) is 4.60. The van der Waals surface area contributed by atoms with E-state index in [1.807, 2.05) is 24.3 Å². The Labute approximate surface area is 273 Å². The van der Waals surface area contributed by atoms with Crippen LogP contribution in [0, 0.1) is 0 Å². The molecule has 0 amide bonds. The summed E-state index contributed by atoms with van der Waals surface area (Å²) in [5, 5.41) is 2.09. The molecule has 0 unspecified atom stereocenters. The molecule has 1 aliphatic carbocycles. The van der Waals surface area contributed by atoms with Gasteiger partial charge in [0.2, 0.25) is 0 Å². The molecule has 4 nitrogen and oxygen atoms in total. The van der Waals surface area contributed by atoms with Crippen LogP contribution in [-0.2, 0) is 5.41 Å². The number of hydrogen-bond acceptors (Lipinski definition) is 4. The number of hydrogen-bond donors (Lipinski definition) is 0. The maximum atomic E-state index is 4.84. The Morgan fingerprint density at radius 3 is 1.34 bits per heavy atom. The Kier molecular flexibility index (Phi) is 6.12. The van der Waals surface area contributed by atoms with Crippen LogP contribution in [0.4, 0.5) is 0 Å². The second-order valence-corrected chi connectivity index (χ2v) is 12.8. The highest BCUT2D eigenvalue weighted by molar-refractivity contribution is 5.87. The van der Waals surface area contributed by atoms with Crippen molar-refractivity contribution in [1.29, 1.82) is 0 Å². The van der Waals surface area contributed by atoms with Crippen molar-refractivity contribution >= 4 is 22.1 Å². The maximum absolute atomic E-state index is 4.84. The molecule has 0 N–H and O–H groups in total. The van der Waals surface area contributed by atoms with Gasteiger partial charge < -0.3 is 0 Å². The summed E-state index contributed by atoms with van der Waals surface area (Å²) in [6.07, 6.45) is 3.59. The summed E-state index contributed by atoms with van der Waals surface area (Å²) in [6, 6.07) is 47.5. The first-order valence-electron chi connectivity index (χ1n) is 16.0. The number of rotatable bonds is 4. The lowest BCUT2D eigenvalue weighted by atomic mass is 9.80. The van der Waals surface area contributed by atoms with Crippen LogP contribution in [0.5, 0.6) is 0 Å². The van der Waals surface area contributed by atoms with Gasteiger partial charge in [0.15, 0.2) is 11.3 Å². The molecule has 4 heteroatoms. The van der Waals surface area contributed by atoms with Crippen molar-refractivity contribution in [1.82, 2.24) is 19.9 Å². The zero-order chi connectivity index (χ0) is 31.5. The Balaban J connectivity index is 1.05. The van der Waals surface area contributed by atoms with E-state index in [1.54, 1.807) is 12.4 Å². The van der Waals surface area contributed by atoms with Crippen molar-refractivity contribution in [2.24, 2.45) is 0 Å². The Morgan fingerprint density at radius 1 is 0.404 bits per heavy atom. The van der Waals surface area contributed by atoms with Gasteiger partial charge in [-0.05, 0) is 117 Å². The first kappa shape index (κ1) is 27.3. The summed E-state index contributed by atoms with van der Waals surface area (Å²) in [5.41, 5.74) is 15.5. The van der Waals surface area contributed by atoms with Gasteiger partial charge in [0.25, 0.3) is 0 Å². The second kappa shape index (κ2) is 10.5. The molecule has 222 valence electrons. The minimum atomic E-state index is -0.150. The van der Waals surface area contributed by atoms with Crippen LogP contribution in [0.15, 0.2) is 146 Å². The number of benzene rings is 4. The largest absolute Gasteiger partial charge is 0.237 e. The van der Waals surface area contributed by atoms with Crippen LogP contribution in [0.3, 0.4) is 0 Å².